The van der Waals surface area contributed by atoms with Gasteiger partial charge in [-0.15, -0.1) is 0 Å². The van der Waals surface area contributed by atoms with E-state index in [1.54, 1.807) is 4.90 Å². The molecule has 0 N–H and O–H groups in total. The molecule has 0 aliphatic rings. The van der Waals surface area contributed by atoms with Gasteiger partial charge in [-0.1, -0.05) is 48.5 Å². The Bertz CT molecular complexity index is 525. The average molecular weight is 269 g/mol. The Kier molecular flexibility index (Phi) is 5.18. The summed E-state index contributed by atoms with van der Waals surface area (Å²) in [4.78, 5) is 13.7. The molecule has 1 amide bonds. The average Bonchev–Trinajstić information content (AvgIpc) is 2.50. The molecule has 0 bridgehead atoms. The number of carbonyl (C=O) groups is 1. The smallest absolute Gasteiger partial charge is 0.414 e. The van der Waals surface area contributed by atoms with Gasteiger partial charge in [0.25, 0.3) is 0 Å². The first-order valence-corrected chi connectivity index (χ1v) is 6.84. The molecule has 0 aliphatic carbocycles. The molecular formula is C17H19NO2. The Morgan fingerprint density at radius 2 is 1.60 bits per heavy atom. The fraction of sp³-hybridized carbons (Fsp3) is 0.235. The highest BCUT2D eigenvalue weighted by Gasteiger charge is 2.16. The molecule has 0 unspecified atom stereocenters. The summed E-state index contributed by atoms with van der Waals surface area (Å²) in [6.07, 6.45) is 0.504. The zero-order valence-corrected chi connectivity index (χ0v) is 11.7. The van der Waals surface area contributed by atoms with Crippen LogP contribution in [0.5, 0.6) is 0 Å². The normalized spacial score (nSPS) is 10.1. The maximum Gasteiger partial charge on any atom is 0.414 e. The van der Waals surface area contributed by atoms with Gasteiger partial charge in [0.1, 0.15) is 0 Å². The fourth-order valence-electron chi connectivity index (χ4n) is 2.02. The van der Waals surface area contributed by atoms with Crippen molar-refractivity contribution >= 4 is 11.8 Å². The van der Waals surface area contributed by atoms with Gasteiger partial charge in [0.15, 0.2) is 0 Å². The highest BCUT2D eigenvalue weighted by molar-refractivity contribution is 5.87. The number of hydrogen-bond donors (Lipinski definition) is 0. The van der Waals surface area contributed by atoms with Crippen LogP contribution in [0.2, 0.25) is 0 Å². The van der Waals surface area contributed by atoms with E-state index in [4.69, 9.17) is 4.74 Å². The molecule has 0 atom stereocenters. The van der Waals surface area contributed by atoms with E-state index >= 15 is 0 Å². The largest absolute Gasteiger partial charge is 0.449 e. The highest BCUT2D eigenvalue weighted by Crippen LogP contribution is 2.15. The summed E-state index contributed by atoms with van der Waals surface area (Å²) in [5.41, 5.74) is 2.07. The van der Waals surface area contributed by atoms with Gasteiger partial charge in [-0.3, -0.25) is 4.90 Å². The van der Waals surface area contributed by atoms with Crippen molar-refractivity contribution in [2.24, 2.45) is 0 Å². The molecule has 2 rings (SSSR count). The molecule has 0 spiro atoms. The number of rotatable bonds is 5. The van der Waals surface area contributed by atoms with Gasteiger partial charge >= 0.3 is 6.09 Å². The van der Waals surface area contributed by atoms with E-state index in [-0.39, 0.29) is 6.09 Å². The maximum atomic E-state index is 12.1. The van der Waals surface area contributed by atoms with Gasteiger partial charge in [-0.05, 0) is 31.0 Å². The van der Waals surface area contributed by atoms with E-state index in [1.165, 1.54) is 5.56 Å². The predicted molar refractivity (Wildman–Crippen MR) is 81.0 cm³/mol. The van der Waals surface area contributed by atoms with Crippen molar-refractivity contribution in [3.8, 4) is 0 Å². The molecule has 104 valence electrons. The summed E-state index contributed by atoms with van der Waals surface area (Å²) in [7, 11) is 0. The summed E-state index contributed by atoms with van der Waals surface area (Å²) in [5, 5.41) is 0. The second kappa shape index (κ2) is 7.34. The highest BCUT2D eigenvalue weighted by atomic mass is 16.6. The Hall–Kier alpha value is -2.29. The minimum Gasteiger partial charge on any atom is -0.449 e. The number of anilines is 1. The predicted octanol–water partition coefficient (Wildman–Crippen LogP) is 3.89. The van der Waals surface area contributed by atoms with Crippen LogP contribution in [0.25, 0.3) is 0 Å². The van der Waals surface area contributed by atoms with Gasteiger partial charge in [0.2, 0.25) is 0 Å². The van der Waals surface area contributed by atoms with Crippen LogP contribution >= 0.6 is 0 Å². The van der Waals surface area contributed by atoms with Crippen LogP contribution in [0.3, 0.4) is 0 Å². The lowest BCUT2D eigenvalue weighted by atomic mass is 10.1. The summed E-state index contributed by atoms with van der Waals surface area (Å²) in [6, 6.07) is 19.7. The second-order valence-corrected chi connectivity index (χ2v) is 4.42. The van der Waals surface area contributed by atoms with E-state index < -0.39 is 0 Å². The topological polar surface area (TPSA) is 29.5 Å². The third-order valence-electron chi connectivity index (χ3n) is 3.02. The Morgan fingerprint density at radius 1 is 1.00 bits per heavy atom. The van der Waals surface area contributed by atoms with Crippen LogP contribution in [-0.4, -0.2) is 19.2 Å². The van der Waals surface area contributed by atoms with Crippen molar-refractivity contribution in [3.63, 3.8) is 0 Å². The molecule has 3 heteroatoms. The molecule has 3 nitrogen and oxygen atoms in total. The maximum absolute atomic E-state index is 12.1. The minimum atomic E-state index is -0.297. The number of amides is 1. The van der Waals surface area contributed by atoms with Crippen molar-refractivity contribution < 1.29 is 9.53 Å². The van der Waals surface area contributed by atoms with E-state index in [0.717, 1.165) is 12.1 Å². The number of ether oxygens (including phenoxy) is 1. The van der Waals surface area contributed by atoms with Crippen LogP contribution in [-0.2, 0) is 11.2 Å². The van der Waals surface area contributed by atoms with Crippen molar-refractivity contribution in [3.05, 3.63) is 66.2 Å². The SMILES string of the molecule is CCOC(=O)N(CCc1ccccc1)c1ccccc1. The quantitative estimate of drug-likeness (QED) is 0.824. The molecule has 2 aromatic rings. The van der Waals surface area contributed by atoms with Crippen molar-refractivity contribution in [2.75, 3.05) is 18.1 Å². The van der Waals surface area contributed by atoms with Crippen molar-refractivity contribution in [1.29, 1.82) is 0 Å². The molecule has 0 saturated heterocycles. The summed E-state index contributed by atoms with van der Waals surface area (Å²) < 4.78 is 5.13. The third-order valence-corrected chi connectivity index (χ3v) is 3.02. The van der Waals surface area contributed by atoms with Crippen LogP contribution in [0, 0.1) is 0 Å². The lowest BCUT2D eigenvalue weighted by Gasteiger charge is -2.22. The summed E-state index contributed by atoms with van der Waals surface area (Å²) >= 11 is 0. The number of nitrogens with zero attached hydrogens (tertiary/aromatic N) is 1. The molecule has 20 heavy (non-hydrogen) atoms. The van der Waals surface area contributed by atoms with Gasteiger partial charge in [-0.2, -0.15) is 0 Å². The van der Waals surface area contributed by atoms with Gasteiger partial charge in [0, 0.05) is 12.2 Å². The molecule has 0 radical (unpaired) electrons. The van der Waals surface area contributed by atoms with Gasteiger partial charge in [-0.25, -0.2) is 4.79 Å². The molecule has 0 fully saturated rings. The Labute approximate surface area is 119 Å². The van der Waals surface area contributed by atoms with Gasteiger partial charge < -0.3 is 4.74 Å². The molecule has 0 aliphatic heterocycles. The van der Waals surface area contributed by atoms with Crippen molar-refractivity contribution in [1.82, 2.24) is 0 Å². The Morgan fingerprint density at radius 3 is 2.20 bits per heavy atom. The molecular weight excluding hydrogens is 250 g/mol. The lowest BCUT2D eigenvalue weighted by molar-refractivity contribution is 0.160. The number of carbonyl (C=O) groups excluding carboxylic acids is 1. The van der Waals surface area contributed by atoms with E-state index in [9.17, 15) is 4.79 Å². The zero-order chi connectivity index (χ0) is 14.2. The van der Waals surface area contributed by atoms with E-state index in [1.807, 2.05) is 55.5 Å². The first kappa shape index (κ1) is 14.1. The lowest BCUT2D eigenvalue weighted by Crippen LogP contribution is -2.33. The molecule has 0 aromatic heterocycles. The van der Waals surface area contributed by atoms with Crippen LogP contribution in [0.1, 0.15) is 12.5 Å². The summed E-state index contributed by atoms with van der Waals surface area (Å²) in [5.74, 6) is 0. The van der Waals surface area contributed by atoms with Gasteiger partial charge in [0.05, 0.1) is 6.61 Å². The van der Waals surface area contributed by atoms with E-state index in [0.29, 0.717) is 13.2 Å². The first-order chi connectivity index (χ1) is 9.81. The number of para-hydroxylation sites is 1. The second-order valence-electron chi connectivity index (χ2n) is 4.42. The number of hydrogen-bond acceptors (Lipinski definition) is 2. The zero-order valence-electron chi connectivity index (χ0n) is 11.7. The molecule has 0 saturated carbocycles. The standard InChI is InChI=1S/C17H19NO2/c1-2-20-17(19)18(16-11-7-4-8-12-16)14-13-15-9-5-3-6-10-15/h3-12H,2,13-14H2,1H3. The Balaban J connectivity index is 2.09. The minimum absolute atomic E-state index is 0.297. The third kappa shape index (κ3) is 3.85. The van der Waals surface area contributed by atoms with E-state index in [2.05, 4.69) is 12.1 Å². The van der Waals surface area contributed by atoms with Crippen LogP contribution in [0.4, 0.5) is 10.5 Å². The van der Waals surface area contributed by atoms with Crippen LogP contribution < -0.4 is 4.90 Å². The van der Waals surface area contributed by atoms with Crippen molar-refractivity contribution in [2.45, 2.75) is 13.3 Å². The molecule has 2 aromatic carbocycles. The number of benzene rings is 2. The first-order valence-electron chi connectivity index (χ1n) is 6.84. The van der Waals surface area contributed by atoms with Crippen LogP contribution in [0.15, 0.2) is 60.7 Å². The fourth-order valence-corrected chi connectivity index (χ4v) is 2.02. The summed E-state index contributed by atoms with van der Waals surface area (Å²) in [6.45, 7) is 2.80. The monoisotopic (exact) mass is 269 g/mol. The molecule has 0 heterocycles.